The molecule has 3 N–H and O–H groups in total. The molecule has 2 aromatic rings. The first-order chi connectivity index (χ1) is 13.9. The number of benzene rings is 1. The van der Waals surface area contributed by atoms with Gasteiger partial charge in [0, 0.05) is 38.1 Å². The maximum absolute atomic E-state index is 5.52. The van der Waals surface area contributed by atoms with Crippen molar-refractivity contribution in [2.75, 3.05) is 36.7 Å². The minimum atomic E-state index is 0.376. The zero-order valence-corrected chi connectivity index (χ0v) is 18.3. The number of ether oxygens (including phenoxy) is 1. The van der Waals surface area contributed by atoms with Crippen LogP contribution in [0.1, 0.15) is 31.2 Å². The van der Waals surface area contributed by atoms with E-state index in [9.17, 15) is 0 Å². The fraction of sp³-hybridized carbons (Fsp3) is 0.476. The average Bonchev–Trinajstić information content (AvgIpc) is 2.71. The molecule has 0 radical (unpaired) electrons. The van der Waals surface area contributed by atoms with Crippen molar-refractivity contribution in [3.8, 4) is 5.75 Å². The van der Waals surface area contributed by atoms with E-state index < -0.39 is 0 Å². The molecule has 1 aliphatic rings. The van der Waals surface area contributed by atoms with Crippen LogP contribution in [0.5, 0.6) is 5.75 Å². The number of methoxy groups -OCH3 is 1. The highest BCUT2D eigenvalue weighted by Crippen LogP contribution is 2.23. The minimum Gasteiger partial charge on any atom is -0.497 e. The van der Waals surface area contributed by atoms with E-state index in [1.165, 1.54) is 0 Å². The van der Waals surface area contributed by atoms with Crippen molar-refractivity contribution in [1.29, 1.82) is 0 Å². The Balaban J connectivity index is 1.46. The highest BCUT2D eigenvalue weighted by atomic mass is 32.1. The summed E-state index contributed by atoms with van der Waals surface area (Å²) in [5.74, 6) is 2.45. The second-order valence-electron chi connectivity index (χ2n) is 7.61. The molecule has 0 saturated heterocycles. The largest absolute Gasteiger partial charge is 0.497 e. The lowest BCUT2D eigenvalue weighted by Gasteiger charge is -2.30. The van der Waals surface area contributed by atoms with E-state index in [0.29, 0.717) is 23.1 Å². The lowest BCUT2D eigenvalue weighted by Crippen LogP contribution is -2.42. The van der Waals surface area contributed by atoms with Crippen LogP contribution >= 0.6 is 12.2 Å². The van der Waals surface area contributed by atoms with Crippen LogP contribution in [0.25, 0.3) is 0 Å². The highest BCUT2D eigenvalue weighted by Gasteiger charge is 2.22. The van der Waals surface area contributed by atoms with Gasteiger partial charge in [-0.3, -0.25) is 0 Å². The van der Waals surface area contributed by atoms with Crippen LogP contribution in [0.3, 0.4) is 0 Å². The summed E-state index contributed by atoms with van der Waals surface area (Å²) >= 11 is 5.52. The van der Waals surface area contributed by atoms with E-state index in [0.717, 1.165) is 48.5 Å². The molecule has 0 bridgehead atoms. The van der Waals surface area contributed by atoms with Gasteiger partial charge in [0.1, 0.15) is 11.6 Å². The van der Waals surface area contributed by atoms with Crippen LogP contribution in [-0.2, 0) is 0 Å². The van der Waals surface area contributed by atoms with Crippen LogP contribution < -0.4 is 25.6 Å². The number of hydrogen-bond donors (Lipinski definition) is 3. The molecule has 7 nitrogen and oxygen atoms in total. The Morgan fingerprint density at radius 3 is 2.52 bits per heavy atom. The molecule has 0 unspecified atom stereocenters. The van der Waals surface area contributed by atoms with Gasteiger partial charge in [-0.25, -0.2) is 4.98 Å². The van der Waals surface area contributed by atoms with E-state index in [1.54, 1.807) is 13.3 Å². The molecule has 8 heteroatoms. The first kappa shape index (κ1) is 21.1. The highest BCUT2D eigenvalue weighted by molar-refractivity contribution is 7.80. The van der Waals surface area contributed by atoms with Gasteiger partial charge in [0.25, 0.3) is 0 Å². The van der Waals surface area contributed by atoms with Crippen LogP contribution in [0.4, 0.5) is 17.5 Å². The standard InChI is InChI=1S/C21H30N6OS/c1-14-13-17(28-4)9-10-18(14)25-21(29)24-16-7-5-15(6-8-16)23-20-22-12-11-19(26-20)27(2)3/h9-13,15-16H,5-8H2,1-4H3,(H,22,23,26)(H2,24,25,29)/t15-,16+. The third kappa shape index (κ3) is 5.93. The third-order valence-electron chi connectivity index (χ3n) is 5.18. The molecule has 156 valence electrons. The normalized spacial score (nSPS) is 18.6. The second kappa shape index (κ2) is 9.73. The van der Waals surface area contributed by atoms with Crippen LogP contribution in [0.15, 0.2) is 30.5 Å². The quantitative estimate of drug-likeness (QED) is 0.620. The zero-order chi connectivity index (χ0) is 20.8. The fourth-order valence-corrected chi connectivity index (χ4v) is 3.76. The fourth-order valence-electron chi connectivity index (χ4n) is 3.48. The first-order valence-electron chi connectivity index (χ1n) is 9.93. The summed E-state index contributed by atoms with van der Waals surface area (Å²) in [5, 5.41) is 10.9. The Kier molecular flexibility index (Phi) is 7.09. The molecule has 0 aliphatic heterocycles. The van der Waals surface area contributed by atoms with Crippen molar-refractivity contribution >= 4 is 34.8 Å². The molecule has 1 aliphatic carbocycles. The van der Waals surface area contributed by atoms with Crippen LogP contribution in [-0.4, -0.2) is 48.4 Å². The summed E-state index contributed by atoms with van der Waals surface area (Å²) in [5.41, 5.74) is 2.10. The van der Waals surface area contributed by atoms with Crippen molar-refractivity contribution in [3.05, 3.63) is 36.0 Å². The van der Waals surface area contributed by atoms with E-state index in [-0.39, 0.29) is 0 Å². The minimum absolute atomic E-state index is 0.376. The van der Waals surface area contributed by atoms with Crippen molar-refractivity contribution < 1.29 is 4.74 Å². The molecular weight excluding hydrogens is 384 g/mol. The maximum atomic E-state index is 5.52. The van der Waals surface area contributed by atoms with Crippen LogP contribution in [0, 0.1) is 6.92 Å². The Morgan fingerprint density at radius 1 is 1.14 bits per heavy atom. The molecular formula is C21H30N6OS. The summed E-state index contributed by atoms with van der Waals surface area (Å²) in [4.78, 5) is 10.9. The van der Waals surface area contributed by atoms with Crippen molar-refractivity contribution in [1.82, 2.24) is 15.3 Å². The van der Waals surface area contributed by atoms with Gasteiger partial charge in [0.15, 0.2) is 5.11 Å². The number of rotatable bonds is 6. The summed E-state index contributed by atoms with van der Waals surface area (Å²) in [7, 11) is 5.63. The summed E-state index contributed by atoms with van der Waals surface area (Å²) in [6.07, 6.45) is 6.00. The SMILES string of the molecule is COc1ccc(NC(=S)N[C@H]2CC[C@@H](Nc3nccc(N(C)C)n3)CC2)c(C)c1. The predicted molar refractivity (Wildman–Crippen MR) is 123 cm³/mol. The lowest BCUT2D eigenvalue weighted by molar-refractivity contribution is 0.387. The van der Waals surface area contributed by atoms with Crippen molar-refractivity contribution in [2.45, 2.75) is 44.7 Å². The molecule has 29 heavy (non-hydrogen) atoms. The second-order valence-corrected chi connectivity index (χ2v) is 8.01. The van der Waals surface area contributed by atoms with Gasteiger partial charge in [0.2, 0.25) is 5.95 Å². The summed E-state index contributed by atoms with van der Waals surface area (Å²) in [6.45, 7) is 2.04. The summed E-state index contributed by atoms with van der Waals surface area (Å²) < 4.78 is 5.25. The zero-order valence-electron chi connectivity index (χ0n) is 17.5. The van der Waals surface area contributed by atoms with E-state index in [4.69, 9.17) is 17.0 Å². The van der Waals surface area contributed by atoms with Gasteiger partial charge < -0.3 is 25.6 Å². The molecule has 0 spiro atoms. The molecule has 0 atom stereocenters. The van der Waals surface area contributed by atoms with Gasteiger partial charge >= 0.3 is 0 Å². The number of nitrogens with one attached hydrogen (secondary N) is 3. The van der Waals surface area contributed by atoms with E-state index >= 15 is 0 Å². The monoisotopic (exact) mass is 414 g/mol. The van der Waals surface area contributed by atoms with Gasteiger partial charge in [-0.1, -0.05) is 0 Å². The van der Waals surface area contributed by atoms with E-state index in [2.05, 4.69) is 25.9 Å². The number of aryl methyl sites for hydroxylation is 1. The lowest BCUT2D eigenvalue weighted by atomic mass is 9.91. The van der Waals surface area contributed by atoms with Crippen molar-refractivity contribution in [3.63, 3.8) is 0 Å². The Labute approximate surface area is 178 Å². The average molecular weight is 415 g/mol. The number of hydrogen-bond acceptors (Lipinski definition) is 6. The molecule has 1 fully saturated rings. The Hall–Kier alpha value is -2.61. The van der Waals surface area contributed by atoms with Gasteiger partial charge in [-0.2, -0.15) is 4.98 Å². The van der Waals surface area contributed by atoms with Gasteiger partial charge in [0.05, 0.1) is 7.11 Å². The number of nitrogens with zero attached hydrogens (tertiary/aromatic N) is 3. The predicted octanol–water partition coefficient (Wildman–Crippen LogP) is 3.57. The first-order valence-corrected chi connectivity index (χ1v) is 10.3. The molecule has 1 saturated carbocycles. The molecule has 1 aromatic carbocycles. The molecule has 1 heterocycles. The molecule has 1 aromatic heterocycles. The summed E-state index contributed by atoms with van der Waals surface area (Å²) in [6, 6.07) is 8.59. The third-order valence-corrected chi connectivity index (χ3v) is 5.40. The maximum Gasteiger partial charge on any atom is 0.224 e. The van der Waals surface area contributed by atoms with E-state index in [1.807, 2.05) is 50.2 Å². The van der Waals surface area contributed by atoms with Gasteiger partial charge in [-0.15, -0.1) is 0 Å². The molecule has 3 rings (SSSR count). The van der Waals surface area contributed by atoms with Crippen LogP contribution in [0.2, 0.25) is 0 Å². The Bertz CT molecular complexity index is 836. The number of thiocarbonyl (C=S) groups is 1. The topological polar surface area (TPSA) is 74.3 Å². The Morgan fingerprint density at radius 2 is 1.86 bits per heavy atom. The smallest absolute Gasteiger partial charge is 0.224 e. The van der Waals surface area contributed by atoms with Gasteiger partial charge in [-0.05, 0) is 74.7 Å². The number of anilines is 3. The molecule has 0 amide bonds. The van der Waals surface area contributed by atoms with Crippen molar-refractivity contribution in [2.24, 2.45) is 0 Å². The number of aromatic nitrogens is 2.